The maximum absolute atomic E-state index is 13.2. The quantitative estimate of drug-likeness (QED) is 0.792. The van der Waals surface area contributed by atoms with Gasteiger partial charge in [0, 0.05) is 15.8 Å². The minimum absolute atomic E-state index is 0.170. The average Bonchev–Trinajstić information content (AvgIpc) is 2.41. The van der Waals surface area contributed by atoms with Crippen molar-refractivity contribution < 1.29 is 14.0 Å². The average molecular weight is 352 g/mol. The van der Waals surface area contributed by atoms with E-state index in [2.05, 4.69) is 26.6 Å². The first-order chi connectivity index (χ1) is 9.95. The van der Waals surface area contributed by atoms with Crippen LogP contribution in [0, 0.1) is 5.82 Å². The molecule has 0 saturated carbocycles. The molecule has 2 rings (SSSR count). The number of anilines is 2. The van der Waals surface area contributed by atoms with E-state index >= 15 is 0 Å². The molecule has 108 valence electrons. The molecule has 0 radical (unpaired) electrons. The van der Waals surface area contributed by atoms with Crippen molar-refractivity contribution in [3.63, 3.8) is 0 Å². The Hall–Kier alpha value is -2.41. The summed E-state index contributed by atoms with van der Waals surface area (Å²) in [7, 11) is 0. The zero-order valence-corrected chi connectivity index (χ0v) is 12.3. The summed E-state index contributed by atoms with van der Waals surface area (Å²) in [5.41, 5.74) is 6.08. The number of hydrogen-bond donors (Lipinski definition) is 3. The second-order valence-corrected chi connectivity index (χ2v) is 5.00. The van der Waals surface area contributed by atoms with Crippen molar-refractivity contribution in [1.29, 1.82) is 0 Å². The first kappa shape index (κ1) is 15.0. The van der Waals surface area contributed by atoms with Crippen molar-refractivity contribution in [2.24, 2.45) is 5.73 Å². The van der Waals surface area contributed by atoms with Gasteiger partial charge in [0.25, 0.3) is 5.91 Å². The van der Waals surface area contributed by atoms with Crippen LogP contribution in [0.3, 0.4) is 0 Å². The lowest BCUT2D eigenvalue weighted by molar-refractivity contribution is 0.102. The Balaban J connectivity index is 2.19. The number of halogens is 2. The van der Waals surface area contributed by atoms with Gasteiger partial charge < -0.3 is 16.4 Å². The highest BCUT2D eigenvalue weighted by atomic mass is 79.9. The van der Waals surface area contributed by atoms with Gasteiger partial charge in [0.1, 0.15) is 5.82 Å². The molecule has 0 unspecified atom stereocenters. The lowest BCUT2D eigenvalue weighted by Gasteiger charge is -2.09. The van der Waals surface area contributed by atoms with Crippen molar-refractivity contribution in [3.8, 4) is 0 Å². The van der Waals surface area contributed by atoms with Gasteiger partial charge in [-0.1, -0.05) is 6.07 Å². The Morgan fingerprint density at radius 2 is 1.71 bits per heavy atom. The second kappa shape index (κ2) is 6.36. The zero-order valence-electron chi connectivity index (χ0n) is 10.7. The topological polar surface area (TPSA) is 84.2 Å². The number of benzene rings is 2. The Labute approximate surface area is 128 Å². The second-order valence-electron chi connectivity index (χ2n) is 4.15. The van der Waals surface area contributed by atoms with Crippen molar-refractivity contribution >= 4 is 39.2 Å². The van der Waals surface area contributed by atoms with Gasteiger partial charge in [-0.05, 0) is 52.3 Å². The van der Waals surface area contributed by atoms with Crippen LogP contribution in [-0.2, 0) is 0 Å². The lowest BCUT2D eigenvalue weighted by atomic mass is 10.2. The fourth-order valence-corrected chi connectivity index (χ4v) is 2.11. The summed E-state index contributed by atoms with van der Waals surface area (Å²) >= 11 is 3.19. The van der Waals surface area contributed by atoms with Crippen molar-refractivity contribution in [1.82, 2.24) is 0 Å². The molecule has 3 amide bonds. The van der Waals surface area contributed by atoms with E-state index in [1.165, 1.54) is 18.2 Å². The van der Waals surface area contributed by atoms with Gasteiger partial charge in [-0.25, -0.2) is 9.18 Å². The van der Waals surface area contributed by atoms with Gasteiger partial charge in [-0.3, -0.25) is 4.79 Å². The largest absolute Gasteiger partial charge is 0.351 e. The fraction of sp³-hybridized carbons (Fsp3) is 0. The van der Waals surface area contributed by atoms with E-state index in [1.54, 1.807) is 18.2 Å². The Bertz CT molecular complexity index is 706. The number of hydrogen-bond acceptors (Lipinski definition) is 2. The highest BCUT2D eigenvalue weighted by Crippen LogP contribution is 2.21. The van der Waals surface area contributed by atoms with Crippen LogP contribution in [0.15, 0.2) is 46.9 Å². The number of nitrogens with one attached hydrogen (secondary N) is 2. The van der Waals surface area contributed by atoms with E-state index in [0.717, 1.165) is 6.07 Å². The number of carbonyl (C=O) groups excluding carboxylic acids is 2. The summed E-state index contributed by atoms with van der Waals surface area (Å²) in [5.74, 6) is -0.981. The third-order valence-corrected chi connectivity index (χ3v) is 3.25. The summed E-state index contributed by atoms with van der Waals surface area (Å²) in [6, 6.07) is 9.57. The predicted molar refractivity (Wildman–Crippen MR) is 81.7 cm³/mol. The maximum Gasteiger partial charge on any atom is 0.316 e. The number of carbonyl (C=O) groups is 2. The molecular weight excluding hydrogens is 341 g/mol. The normalized spacial score (nSPS) is 10.0. The zero-order chi connectivity index (χ0) is 15.4. The van der Waals surface area contributed by atoms with Crippen molar-refractivity contribution in [2.75, 3.05) is 10.6 Å². The van der Waals surface area contributed by atoms with E-state index in [4.69, 9.17) is 5.73 Å². The molecule has 0 saturated heterocycles. The summed E-state index contributed by atoms with van der Waals surface area (Å²) in [4.78, 5) is 22.9. The third-order valence-electron chi connectivity index (χ3n) is 2.56. The van der Waals surface area contributed by atoms with E-state index in [0.29, 0.717) is 15.8 Å². The molecule has 0 bridgehead atoms. The van der Waals surface area contributed by atoms with Crippen LogP contribution in [0.25, 0.3) is 0 Å². The van der Waals surface area contributed by atoms with Crippen LogP contribution in [0.2, 0.25) is 0 Å². The van der Waals surface area contributed by atoms with Gasteiger partial charge >= 0.3 is 6.03 Å². The standard InChI is InChI=1S/C14H11BrFN3O2/c15-12-5-4-8(16)6-11(12)13(20)18-9-2-1-3-10(7-9)19-14(17)21/h1-7H,(H,18,20)(H3,17,19,21). The van der Waals surface area contributed by atoms with Crippen LogP contribution in [0.4, 0.5) is 20.6 Å². The molecule has 0 aliphatic heterocycles. The van der Waals surface area contributed by atoms with Crippen LogP contribution < -0.4 is 16.4 Å². The van der Waals surface area contributed by atoms with Gasteiger partial charge in [0.15, 0.2) is 0 Å². The van der Waals surface area contributed by atoms with Crippen LogP contribution >= 0.6 is 15.9 Å². The van der Waals surface area contributed by atoms with Gasteiger partial charge in [-0.15, -0.1) is 0 Å². The summed E-state index contributed by atoms with van der Waals surface area (Å²) < 4.78 is 13.7. The van der Waals surface area contributed by atoms with E-state index in [-0.39, 0.29) is 5.56 Å². The molecule has 2 aromatic carbocycles. The number of rotatable bonds is 3. The minimum Gasteiger partial charge on any atom is -0.351 e. The minimum atomic E-state index is -0.702. The first-order valence-electron chi connectivity index (χ1n) is 5.88. The SMILES string of the molecule is NC(=O)Nc1cccc(NC(=O)c2cc(F)ccc2Br)c1. The molecule has 2 aromatic rings. The molecule has 0 aromatic heterocycles. The summed E-state index contributed by atoms with van der Waals surface area (Å²) in [5, 5.41) is 5.01. The summed E-state index contributed by atoms with van der Waals surface area (Å²) in [6.07, 6.45) is 0. The van der Waals surface area contributed by atoms with Crippen LogP contribution in [0.5, 0.6) is 0 Å². The van der Waals surface area contributed by atoms with Crippen LogP contribution in [-0.4, -0.2) is 11.9 Å². The highest BCUT2D eigenvalue weighted by Gasteiger charge is 2.11. The Morgan fingerprint density at radius 1 is 1.05 bits per heavy atom. The van der Waals surface area contributed by atoms with Crippen LogP contribution in [0.1, 0.15) is 10.4 Å². The number of urea groups is 1. The molecule has 21 heavy (non-hydrogen) atoms. The first-order valence-corrected chi connectivity index (χ1v) is 6.68. The fourth-order valence-electron chi connectivity index (χ4n) is 1.69. The molecule has 0 atom stereocenters. The smallest absolute Gasteiger partial charge is 0.316 e. The monoisotopic (exact) mass is 351 g/mol. The molecule has 4 N–H and O–H groups in total. The molecule has 0 heterocycles. The molecule has 5 nitrogen and oxygen atoms in total. The number of nitrogens with two attached hydrogens (primary N) is 1. The predicted octanol–water partition coefficient (Wildman–Crippen LogP) is 3.33. The third kappa shape index (κ3) is 4.03. The molecule has 0 spiro atoms. The van der Waals surface area contributed by atoms with Gasteiger partial charge in [0.05, 0.1) is 5.56 Å². The Morgan fingerprint density at radius 3 is 2.38 bits per heavy atom. The van der Waals surface area contributed by atoms with Gasteiger partial charge in [-0.2, -0.15) is 0 Å². The highest BCUT2D eigenvalue weighted by molar-refractivity contribution is 9.10. The molecule has 7 heteroatoms. The number of amides is 3. The van der Waals surface area contributed by atoms with Crippen molar-refractivity contribution in [2.45, 2.75) is 0 Å². The lowest BCUT2D eigenvalue weighted by Crippen LogP contribution is -2.19. The Kier molecular flexibility index (Phi) is 4.54. The van der Waals surface area contributed by atoms with E-state index in [9.17, 15) is 14.0 Å². The molecule has 0 fully saturated rings. The molecular formula is C14H11BrFN3O2. The maximum atomic E-state index is 13.2. The van der Waals surface area contributed by atoms with Crippen molar-refractivity contribution in [3.05, 3.63) is 58.3 Å². The van der Waals surface area contributed by atoms with E-state index in [1.807, 2.05) is 0 Å². The van der Waals surface area contributed by atoms with E-state index < -0.39 is 17.8 Å². The molecule has 0 aliphatic carbocycles. The van der Waals surface area contributed by atoms with Gasteiger partial charge in [0.2, 0.25) is 0 Å². The summed E-state index contributed by atoms with van der Waals surface area (Å²) in [6.45, 7) is 0. The number of primary amides is 1. The molecule has 0 aliphatic rings.